The number of amides is 1. The van der Waals surface area contributed by atoms with Crippen LogP contribution in [-0.4, -0.2) is 37.5 Å². The number of hydrogen-bond donors (Lipinski definition) is 1. The molecule has 14 heavy (non-hydrogen) atoms. The van der Waals surface area contributed by atoms with Gasteiger partial charge in [-0.25, -0.2) is 0 Å². The monoisotopic (exact) mass is 196 g/mol. The van der Waals surface area contributed by atoms with Crippen LogP contribution in [0.5, 0.6) is 0 Å². The van der Waals surface area contributed by atoms with E-state index in [0.29, 0.717) is 6.54 Å². The van der Waals surface area contributed by atoms with Crippen molar-refractivity contribution in [2.45, 2.75) is 19.8 Å². The fourth-order valence-corrected chi connectivity index (χ4v) is 1.87. The Balaban J connectivity index is 2.43. The van der Waals surface area contributed by atoms with E-state index in [1.807, 2.05) is 18.9 Å². The molecule has 1 fully saturated rings. The van der Waals surface area contributed by atoms with Gasteiger partial charge in [-0.05, 0) is 25.5 Å². The maximum Gasteiger partial charge on any atom is 0.225 e. The molecule has 1 saturated heterocycles. The Morgan fingerprint density at radius 2 is 2.43 bits per heavy atom. The highest BCUT2D eigenvalue weighted by Gasteiger charge is 2.24. The van der Waals surface area contributed by atoms with Crippen LogP contribution < -0.4 is 5.32 Å². The van der Waals surface area contributed by atoms with Gasteiger partial charge in [0.05, 0.1) is 0 Å². The topological polar surface area (TPSA) is 32.3 Å². The summed E-state index contributed by atoms with van der Waals surface area (Å²) in [5.74, 6) is 0.486. The van der Waals surface area contributed by atoms with Crippen LogP contribution in [0.25, 0.3) is 0 Å². The van der Waals surface area contributed by atoms with Crippen LogP contribution >= 0.6 is 0 Å². The fourth-order valence-electron chi connectivity index (χ4n) is 1.87. The Morgan fingerprint density at radius 1 is 1.71 bits per heavy atom. The number of likely N-dealkylation sites (N-methyl/N-ethyl adjacent to an activating group) is 1. The van der Waals surface area contributed by atoms with E-state index in [4.69, 9.17) is 0 Å². The normalized spacial score (nSPS) is 22.6. The lowest BCUT2D eigenvalue weighted by molar-refractivity contribution is -0.137. The molecule has 3 heteroatoms. The maximum absolute atomic E-state index is 11.7. The van der Waals surface area contributed by atoms with Crippen molar-refractivity contribution in [2.75, 3.05) is 26.7 Å². The largest absolute Gasteiger partial charge is 0.338 e. The van der Waals surface area contributed by atoms with Crippen LogP contribution in [0.1, 0.15) is 19.8 Å². The summed E-state index contributed by atoms with van der Waals surface area (Å²) in [6.45, 7) is 8.35. The van der Waals surface area contributed by atoms with E-state index in [1.165, 1.54) is 0 Å². The molecule has 1 rings (SSSR count). The minimum atomic E-state index is 0.200. The van der Waals surface area contributed by atoms with Crippen LogP contribution in [0.2, 0.25) is 0 Å². The predicted molar refractivity (Wildman–Crippen MR) is 58.0 cm³/mol. The number of nitrogens with zero attached hydrogens (tertiary/aromatic N) is 1. The standard InChI is InChI=1S/C11H20N2O/c1-9(7-12-3)8-13-6-4-5-10(2)11(13)14/h10,12H,1,4-8H2,2-3H3. The lowest BCUT2D eigenvalue weighted by Crippen LogP contribution is -2.41. The quantitative estimate of drug-likeness (QED) is 0.681. The summed E-state index contributed by atoms with van der Waals surface area (Å²) in [4.78, 5) is 13.7. The molecule has 0 aromatic rings. The molecule has 3 nitrogen and oxygen atoms in total. The number of likely N-dealkylation sites (tertiary alicyclic amines) is 1. The predicted octanol–water partition coefficient (Wildman–Crippen LogP) is 1.02. The highest BCUT2D eigenvalue weighted by molar-refractivity contribution is 5.79. The average molecular weight is 196 g/mol. The van der Waals surface area contributed by atoms with Gasteiger partial charge in [0, 0.05) is 25.6 Å². The van der Waals surface area contributed by atoms with Gasteiger partial charge in [-0.15, -0.1) is 0 Å². The summed E-state index contributed by atoms with van der Waals surface area (Å²) >= 11 is 0. The van der Waals surface area contributed by atoms with E-state index in [1.54, 1.807) is 0 Å². The van der Waals surface area contributed by atoms with Crippen LogP contribution in [-0.2, 0) is 4.79 Å². The molecule has 0 bridgehead atoms. The van der Waals surface area contributed by atoms with Gasteiger partial charge in [-0.1, -0.05) is 13.5 Å². The Hall–Kier alpha value is -0.830. The van der Waals surface area contributed by atoms with Crippen molar-refractivity contribution in [2.24, 2.45) is 5.92 Å². The zero-order valence-corrected chi connectivity index (χ0v) is 9.18. The SMILES string of the molecule is C=C(CNC)CN1CCCC(C)C1=O. The highest BCUT2D eigenvalue weighted by atomic mass is 16.2. The smallest absolute Gasteiger partial charge is 0.225 e. The second-order valence-electron chi connectivity index (χ2n) is 4.08. The summed E-state index contributed by atoms with van der Waals surface area (Å²) in [7, 11) is 1.89. The molecule has 0 aliphatic carbocycles. The van der Waals surface area contributed by atoms with E-state index in [-0.39, 0.29) is 11.8 Å². The first kappa shape index (κ1) is 11.2. The molecule has 0 saturated carbocycles. The molecule has 0 aromatic carbocycles. The lowest BCUT2D eigenvalue weighted by Gasteiger charge is -2.31. The van der Waals surface area contributed by atoms with Gasteiger partial charge >= 0.3 is 0 Å². The first-order valence-corrected chi connectivity index (χ1v) is 5.25. The van der Waals surface area contributed by atoms with E-state index in [0.717, 1.165) is 31.5 Å². The van der Waals surface area contributed by atoms with Crippen LogP contribution in [0.15, 0.2) is 12.2 Å². The zero-order valence-electron chi connectivity index (χ0n) is 9.18. The number of carbonyl (C=O) groups is 1. The summed E-state index contributed by atoms with van der Waals surface area (Å²) in [5.41, 5.74) is 1.08. The summed E-state index contributed by atoms with van der Waals surface area (Å²) in [6.07, 6.45) is 2.16. The van der Waals surface area contributed by atoms with E-state index >= 15 is 0 Å². The van der Waals surface area contributed by atoms with Crippen LogP contribution in [0.3, 0.4) is 0 Å². The number of carbonyl (C=O) groups excluding carboxylic acids is 1. The first-order valence-electron chi connectivity index (χ1n) is 5.25. The van der Waals surface area contributed by atoms with Gasteiger partial charge in [0.25, 0.3) is 0 Å². The minimum Gasteiger partial charge on any atom is -0.338 e. The van der Waals surface area contributed by atoms with Crippen molar-refractivity contribution in [3.05, 3.63) is 12.2 Å². The molecular formula is C11H20N2O. The van der Waals surface area contributed by atoms with Gasteiger partial charge in [-0.2, -0.15) is 0 Å². The first-order chi connectivity index (χ1) is 6.65. The minimum absolute atomic E-state index is 0.200. The summed E-state index contributed by atoms with van der Waals surface area (Å²) in [5, 5.41) is 3.05. The molecule has 1 unspecified atom stereocenters. The molecule has 1 N–H and O–H groups in total. The Bertz CT molecular complexity index is 225. The van der Waals surface area contributed by atoms with E-state index in [9.17, 15) is 4.79 Å². The molecule has 0 aromatic heterocycles. The molecule has 1 aliphatic rings. The number of nitrogens with one attached hydrogen (secondary N) is 1. The molecule has 1 heterocycles. The van der Waals surface area contributed by atoms with Gasteiger partial charge < -0.3 is 10.2 Å². The van der Waals surface area contributed by atoms with Gasteiger partial charge in [0.2, 0.25) is 5.91 Å². The third kappa shape index (κ3) is 2.84. The van der Waals surface area contributed by atoms with E-state index in [2.05, 4.69) is 11.9 Å². The van der Waals surface area contributed by atoms with Crippen molar-refractivity contribution in [3.63, 3.8) is 0 Å². The Kier molecular flexibility index (Phi) is 4.14. The van der Waals surface area contributed by atoms with Gasteiger partial charge in [-0.3, -0.25) is 4.79 Å². The molecule has 0 radical (unpaired) electrons. The van der Waals surface area contributed by atoms with Crippen LogP contribution in [0.4, 0.5) is 0 Å². The highest BCUT2D eigenvalue weighted by Crippen LogP contribution is 2.17. The maximum atomic E-state index is 11.7. The third-order valence-corrected chi connectivity index (χ3v) is 2.64. The average Bonchev–Trinajstić information content (AvgIpc) is 2.13. The second kappa shape index (κ2) is 5.15. The Morgan fingerprint density at radius 3 is 3.07 bits per heavy atom. The second-order valence-corrected chi connectivity index (χ2v) is 4.08. The third-order valence-electron chi connectivity index (χ3n) is 2.64. The molecule has 0 spiro atoms. The Labute approximate surface area is 86.2 Å². The number of hydrogen-bond acceptors (Lipinski definition) is 2. The fraction of sp³-hybridized carbons (Fsp3) is 0.727. The van der Waals surface area contributed by atoms with Crippen molar-refractivity contribution in [1.82, 2.24) is 10.2 Å². The molecule has 1 aliphatic heterocycles. The van der Waals surface area contributed by atoms with Crippen molar-refractivity contribution in [1.29, 1.82) is 0 Å². The summed E-state index contributed by atoms with van der Waals surface area (Å²) < 4.78 is 0. The zero-order chi connectivity index (χ0) is 10.6. The van der Waals surface area contributed by atoms with Crippen molar-refractivity contribution >= 4 is 5.91 Å². The summed E-state index contributed by atoms with van der Waals surface area (Å²) in [6, 6.07) is 0. The molecule has 1 amide bonds. The molecule has 1 atom stereocenters. The number of piperidine rings is 1. The van der Waals surface area contributed by atoms with E-state index < -0.39 is 0 Å². The molecule has 80 valence electrons. The number of rotatable bonds is 4. The van der Waals surface area contributed by atoms with Crippen LogP contribution in [0, 0.1) is 5.92 Å². The van der Waals surface area contributed by atoms with Gasteiger partial charge in [0.15, 0.2) is 0 Å². The van der Waals surface area contributed by atoms with Crippen molar-refractivity contribution < 1.29 is 4.79 Å². The van der Waals surface area contributed by atoms with Gasteiger partial charge in [0.1, 0.15) is 0 Å². The molecular weight excluding hydrogens is 176 g/mol. The lowest BCUT2D eigenvalue weighted by atomic mass is 9.99. The van der Waals surface area contributed by atoms with Crippen molar-refractivity contribution in [3.8, 4) is 0 Å².